The van der Waals surface area contributed by atoms with Crippen molar-refractivity contribution < 1.29 is 4.79 Å². The molecule has 18 heavy (non-hydrogen) atoms. The first kappa shape index (κ1) is 11.4. The lowest BCUT2D eigenvalue weighted by molar-refractivity contribution is -0.118. The monoisotopic (exact) mass is 246 g/mol. The summed E-state index contributed by atoms with van der Waals surface area (Å²) in [4.78, 5) is 23.7. The molecule has 0 radical (unpaired) electrons. The van der Waals surface area contributed by atoms with Crippen LogP contribution in [0.5, 0.6) is 0 Å². The van der Waals surface area contributed by atoms with Gasteiger partial charge in [-0.3, -0.25) is 4.79 Å². The smallest absolute Gasteiger partial charge is 0.209 e. The minimum atomic E-state index is 0.556. The second-order valence-electron chi connectivity index (χ2n) is 5.13. The quantitative estimate of drug-likeness (QED) is 0.724. The summed E-state index contributed by atoms with van der Waals surface area (Å²) in [5, 5.41) is 0. The van der Waals surface area contributed by atoms with Gasteiger partial charge in [0.15, 0.2) is 0 Å². The number of amides is 1. The summed E-state index contributed by atoms with van der Waals surface area (Å²) in [7, 11) is 0. The van der Waals surface area contributed by atoms with Crippen molar-refractivity contribution in [1.82, 2.24) is 14.9 Å². The number of hydrogen-bond donors (Lipinski definition) is 0. The van der Waals surface area contributed by atoms with E-state index < -0.39 is 0 Å². The van der Waals surface area contributed by atoms with Crippen LogP contribution < -0.4 is 4.90 Å². The van der Waals surface area contributed by atoms with Gasteiger partial charge in [-0.25, -0.2) is 9.97 Å². The molecule has 1 fully saturated rings. The number of aryl methyl sites for hydroxylation is 1. The SMILES string of the molecule is C[C@@H]1CCc2ncnc(N3CCN(C=O)CC3)c21. The minimum Gasteiger partial charge on any atom is -0.353 e. The van der Waals surface area contributed by atoms with Gasteiger partial charge in [0.25, 0.3) is 0 Å². The molecule has 0 spiro atoms. The van der Waals surface area contributed by atoms with E-state index in [0.29, 0.717) is 5.92 Å². The second-order valence-corrected chi connectivity index (χ2v) is 5.13. The number of fused-ring (bicyclic) bond motifs is 1. The number of carbonyl (C=O) groups excluding carboxylic acids is 1. The largest absolute Gasteiger partial charge is 0.353 e. The topological polar surface area (TPSA) is 49.3 Å². The van der Waals surface area contributed by atoms with Crippen LogP contribution >= 0.6 is 0 Å². The van der Waals surface area contributed by atoms with E-state index in [1.165, 1.54) is 17.7 Å². The first-order valence-electron chi connectivity index (χ1n) is 6.57. The van der Waals surface area contributed by atoms with Crippen molar-refractivity contribution in [2.75, 3.05) is 31.1 Å². The van der Waals surface area contributed by atoms with E-state index in [9.17, 15) is 4.79 Å². The van der Waals surface area contributed by atoms with Gasteiger partial charge in [-0.15, -0.1) is 0 Å². The first-order valence-corrected chi connectivity index (χ1v) is 6.57. The third kappa shape index (κ3) is 1.83. The van der Waals surface area contributed by atoms with Crippen molar-refractivity contribution in [3.05, 3.63) is 17.6 Å². The Kier molecular flexibility index (Phi) is 2.89. The van der Waals surface area contributed by atoms with E-state index in [4.69, 9.17) is 0 Å². The number of aromatic nitrogens is 2. The van der Waals surface area contributed by atoms with E-state index in [-0.39, 0.29) is 0 Å². The lowest BCUT2D eigenvalue weighted by Crippen LogP contribution is -2.46. The van der Waals surface area contributed by atoms with Crippen LogP contribution in [0.15, 0.2) is 6.33 Å². The van der Waals surface area contributed by atoms with Gasteiger partial charge in [-0.1, -0.05) is 6.92 Å². The Hall–Kier alpha value is -1.65. The summed E-state index contributed by atoms with van der Waals surface area (Å²) in [6.45, 7) is 5.57. The maximum atomic E-state index is 10.7. The van der Waals surface area contributed by atoms with Crippen molar-refractivity contribution in [2.24, 2.45) is 0 Å². The molecule has 5 heteroatoms. The molecule has 2 aliphatic rings. The standard InChI is InChI=1S/C13H18N4O/c1-10-2-3-11-12(10)13(15-8-14-11)17-6-4-16(9-18)5-7-17/h8-10H,2-7H2,1H3/t10-/m1/s1. The van der Waals surface area contributed by atoms with Gasteiger partial charge in [-0.2, -0.15) is 0 Å². The van der Waals surface area contributed by atoms with Crippen LogP contribution in [0.4, 0.5) is 5.82 Å². The molecular formula is C13H18N4O. The van der Waals surface area contributed by atoms with E-state index in [1.54, 1.807) is 6.33 Å². The molecule has 3 rings (SSSR count). The highest BCUT2D eigenvalue weighted by molar-refractivity contribution is 5.54. The van der Waals surface area contributed by atoms with Crippen LogP contribution in [0.3, 0.4) is 0 Å². The third-order valence-electron chi connectivity index (χ3n) is 4.02. The molecule has 2 heterocycles. The fourth-order valence-electron chi connectivity index (χ4n) is 2.91. The molecule has 5 nitrogen and oxygen atoms in total. The van der Waals surface area contributed by atoms with E-state index in [2.05, 4.69) is 21.8 Å². The maximum absolute atomic E-state index is 10.7. The van der Waals surface area contributed by atoms with Crippen molar-refractivity contribution >= 4 is 12.2 Å². The number of anilines is 1. The molecule has 1 aromatic heterocycles. The van der Waals surface area contributed by atoms with E-state index in [1.807, 2.05) is 4.90 Å². The zero-order chi connectivity index (χ0) is 12.5. The van der Waals surface area contributed by atoms with Gasteiger partial charge in [0.1, 0.15) is 12.1 Å². The first-order chi connectivity index (χ1) is 8.79. The normalized spacial score (nSPS) is 23.1. The predicted octanol–water partition coefficient (Wildman–Crippen LogP) is 0.805. The van der Waals surface area contributed by atoms with Crippen LogP contribution in [0, 0.1) is 0 Å². The Bertz CT molecular complexity index is 454. The summed E-state index contributed by atoms with van der Waals surface area (Å²) in [6, 6.07) is 0. The Balaban J connectivity index is 1.85. The molecule has 96 valence electrons. The van der Waals surface area contributed by atoms with E-state index in [0.717, 1.165) is 44.8 Å². The number of rotatable bonds is 2. The van der Waals surface area contributed by atoms with Gasteiger partial charge >= 0.3 is 0 Å². The van der Waals surface area contributed by atoms with Gasteiger partial charge in [0.05, 0.1) is 0 Å². The second kappa shape index (κ2) is 4.55. The summed E-state index contributed by atoms with van der Waals surface area (Å²) < 4.78 is 0. The zero-order valence-corrected chi connectivity index (χ0v) is 10.7. The van der Waals surface area contributed by atoms with E-state index >= 15 is 0 Å². The Morgan fingerprint density at radius 2 is 2.06 bits per heavy atom. The zero-order valence-electron chi connectivity index (χ0n) is 10.7. The molecule has 1 saturated heterocycles. The Morgan fingerprint density at radius 1 is 1.28 bits per heavy atom. The molecule has 0 N–H and O–H groups in total. The average Bonchev–Trinajstić information content (AvgIpc) is 2.81. The van der Waals surface area contributed by atoms with Crippen LogP contribution in [-0.2, 0) is 11.2 Å². The molecule has 0 saturated carbocycles. The molecule has 1 aliphatic heterocycles. The minimum absolute atomic E-state index is 0.556. The number of carbonyl (C=O) groups is 1. The van der Waals surface area contributed by atoms with Gasteiger partial charge in [0.2, 0.25) is 6.41 Å². The molecule has 1 aromatic rings. The van der Waals surface area contributed by atoms with Gasteiger partial charge in [0, 0.05) is 37.4 Å². The molecule has 0 aromatic carbocycles. The summed E-state index contributed by atoms with van der Waals surface area (Å²) >= 11 is 0. The van der Waals surface area contributed by atoms with Crippen LogP contribution in [0.2, 0.25) is 0 Å². The lowest BCUT2D eigenvalue weighted by Gasteiger charge is -2.34. The fourth-order valence-corrected chi connectivity index (χ4v) is 2.91. The number of nitrogens with zero attached hydrogens (tertiary/aromatic N) is 4. The summed E-state index contributed by atoms with van der Waals surface area (Å²) in [6.07, 6.45) is 4.86. The molecule has 1 amide bonds. The molecule has 1 aliphatic carbocycles. The third-order valence-corrected chi connectivity index (χ3v) is 4.02. The van der Waals surface area contributed by atoms with Gasteiger partial charge in [-0.05, 0) is 18.8 Å². The highest BCUT2D eigenvalue weighted by Gasteiger charge is 2.27. The number of hydrogen-bond acceptors (Lipinski definition) is 4. The summed E-state index contributed by atoms with van der Waals surface area (Å²) in [5.41, 5.74) is 2.54. The van der Waals surface area contributed by atoms with Crippen LogP contribution in [-0.4, -0.2) is 47.5 Å². The van der Waals surface area contributed by atoms with Crippen molar-refractivity contribution in [3.63, 3.8) is 0 Å². The van der Waals surface area contributed by atoms with Gasteiger partial charge < -0.3 is 9.80 Å². The van der Waals surface area contributed by atoms with Crippen molar-refractivity contribution in [2.45, 2.75) is 25.7 Å². The van der Waals surface area contributed by atoms with Crippen LogP contribution in [0.25, 0.3) is 0 Å². The highest BCUT2D eigenvalue weighted by atomic mass is 16.1. The Morgan fingerprint density at radius 3 is 2.78 bits per heavy atom. The van der Waals surface area contributed by atoms with Crippen LogP contribution in [0.1, 0.15) is 30.5 Å². The highest BCUT2D eigenvalue weighted by Crippen LogP contribution is 2.37. The number of piperazine rings is 1. The predicted molar refractivity (Wildman–Crippen MR) is 68.6 cm³/mol. The van der Waals surface area contributed by atoms with Crippen molar-refractivity contribution in [3.8, 4) is 0 Å². The molecule has 0 unspecified atom stereocenters. The Labute approximate surface area is 107 Å². The molecule has 1 atom stereocenters. The fraction of sp³-hybridized carbons (Fsp3) is 0.615. The molecule has 0 bridgehead atoms. The lowest BCUT2D eigenvalue weighted by atomic mass is 10.1. The van der Waals surface area contributed by atoms with Crippen molar-refractivity contribution in [1.29, 1.82) is 0 Å². The summed E-state index contributed by atoms with van der Waals surface area (Å²) in [5.74, 6) is 1.65. The maximum Gasteiger partial charge on any atom is 0.209 e. The molecular weight excluding hydrogens is 228 g/mol. The average molecular weight is 246 g/mol.